The van der Waals surface area contributed by atoms with Gasteiger partial charge in [-0.3, -0.25) is 9.59 Å². The van der Waals surface area contributed by atoms with Crippen LogP contribution in [0.25, 0.3) is 0 Å². The largest absolute Gasteiger partial charge is 0.480 e. The summed E-state index contributed by atoms with van der Waals surface area (Å²) in [7, 11) is 0. The number of nitriles is 1. The molecule has 0 aromatic heterocycles. The van der Waals surface area contributed by atoms with E-state index in [1.807, 2.05) is 0 Å². The van der Waals surface area contributed by atoms with Crippen LogP contribution in [0, 0.1) is 11.3 Å². The molecule has 6 nitrogen and oxygen atoms in total. The van der Waals surface area contributed by atoms with E-state index in [0.717, 1.165) is 19.3 Å². The quantitative estimate of drug-likeness (QED) is 0.600. The molecule has 20 heavy (non-hydrogen) atoms. The molecular formula is C13H21N3O3S. The van der Waals surface area contributed by atoms with Crippen LogP contribution < -0.4 is 11.1 Å². The van der Waals surface area contributed by atoms with Gasteiger partial charge in [-0.25, -0.2) is 0 Å². The van der Waals surface area contributed by atoms with Gasteiger partial charge in [0.25, 0.3) is 0 Å². The van der Waals surface area contributed by atoms with Gasteiger partial charge in [-0.1, -0.05) is 19.3 Å². The highest BCUT2D eigenvalue weighted by atomic mass is 32.2. The van der Waals surface area contributed by atoms with Gasteiger partial charge in [0.2, 0.25) is 5.91 Å². The molecule has 1 aliphatic carbocycles. The summed E-state index contributed by atoms with van der Waals surface area (Å²) in [5.74, 6) is -0.445. The molecule has 1 saturated carbocycles. The standard InChI is InChI=1S/C13H21N3O3S/c14-9-13(5-2-1-3-6-13)16-11(17)8-20-7-4-10(15)12(18)19/h10H,1-8,15H2,(H,16,17)(H,18,19). The maximum atomic E-state index is 11.8. The maximum Gasteiger partial charge on any atom is 0.320 e. The maximum absolute atomic E-state index is 11.8. The molecule has 7 heteroatoms. The number of carbonyl (C=O) groups excluding carboxylic acids is 1. The fraction of sp³-hybridized carbons (Fsp3) is 0.769. The second-order valence-corrected chi connectivity index (χ2v) is 6.19. The molecule has 4 N–H and O–H groups in total. The number of nitrogens with zero attached hydrogens (tertiary/aromatic N) is 1. The van der Waals surface area contributed by atoms with E-state index in [1.54, 1.807) is 0 Å². The van der Waals surface area contributed by atoms with Crippen LogP contribution in [0.3, 0.4) is 0 Å². The molecule has 0 aromatic carbocycles. The molecule has 1 atom stereocenters. The van der Waals surface area contributed by atoms with Gasteiger partial charge in [-0.15, -0.1) is 0 Å². The van der Waals surface area contributed by atoms with E-state index in [0.29, 0.717) is 25.0 Å². The molecule has 0 aliphatic heterocycles. The van der Waals surface area contributed by atoms with Gasteiger partial charge in [-0.05, 0) is 25.0 Å². The number of carbonyl (C=O) groups is 2. The van der Waals surface area contributed by atoms with Gasteiger partial charge in [0.05, 0.1) is 11.8 Å². The van der Waals surface area contributed by atoms with Crippen molar-refractivity contribution < 1.29 is 14.7 Å². The molecule has 1 unspecified atom stereocenters. The third-order valence-corrected chi connectivity index (χ3v) is 4.41. The van der Waals surface area contributed by atoms with Crippen LogP contribution in [0.15, 0.2) is 0 Å². The van der Waals surface area contributed by atoms with Crippen molar-refractivity contribution in [3.8, 4) is 6.07 Å². The number of nitrogens with one attached hydrogen (secondary N) is 1. The molecule has 1 fully saturated rings. The van der Waals surface area contributed by atoms with Crippen molar-refractivity contribution in [2.45, 2.75) is 50.1 Å². The van der Waals surface area contributed by atoms with E-state index in [4.69, 9.17) is 10.8 Å². The van der Waals surface area contributed by atoms with E-state index in [-0.39, 0.29) is 11.7 Å². The van der Waals surface area contributed by atoms with Gasteiger partial charge < -0.3 is 16.2 Å². The highest BCUT2D eigenvalue weighted by Gasteiger charge is 2.33. The number of hydrogen-bond donors (Lipinski definition) is 3. The average molecular weight is 299 g/mol. The van der Waals surface area contributed by atoms with Crippen molar-refractivity contribution >= 4 is 23.6 Å². The van der Waals surface area contributed by atoms with Gasteiger partial charge in [0.1, 0.15) is 11.6 Å². The van der Waals surface area contributed by atoms with Gasteiger partial charge in [0.15, 0.2) is 0 Å². The first-order chi connectivity index (χ1) is 9.49. The zero-order chi connectivity index (χ0) is 15.0. The molecule has 112 valence electrons. The van der Waals surface area contributed by atoms with E-state index < -0.39 is 17.6 Å². The third kappa shape index (κ3) is 5.39. The monoisotopic (exact) mass is 299 g/mol. The van der Waals surface area contributed by atoms with Gasteiger partial charge >= 0.3 is 5.97 Å². The lowest BCUT2D eigenvalue weighted by molar-refractivity contribution is -0.138. The second-order valence-electron chi connectivity index (χ2n) is 5.09. The summed E-state index contributed by atoms with van der Waals surface area (Å²) < 4.78 is 0. The minimum Gasteiger partial charge on any atom is -0.480 e. The Hall–Kier alpha value is -1.26. The number of hydrogen-bond acceptors (Lipinski definition) is 5. The van der Waals surface area contributed by atoms with Crippen molar-refractivity contribution in [2.24, 2.45) is 5.73 Å². The Morgan fingerprint density at radius 1 is 1.40 bits per heavy atom. The fourth-order valence-corrected chi connectivity index (χ4v) is 3.04. The lowest BCUT2D eigenvalue weighted by Gasteiger charge is -2.31. The van der Waals surface area contributed by atoms with Crippen LogP contribution in [0.5, 0.6) is 0 Å². The molecule has 0 heterocycles. The molecule has 0 spiro atoms. The van der Waals surface area contributed by atoms with E-state index in [9.17, 15) is 14.9 Å². The highest BCUT2D eigenvalue weighted by molar-refractivity contribution is 7.99. The SMILES string of the molecule is N#CC1(NC(=O)CSCCC(N)C(=O)O)CCCCC1. The minimum atomic E-state index is -1.03. The number of carboxylic acid groups (broad SMARTS) is 1. The topological polar surface area (TPSA) is 116 Å². The summed E-state index contributed by atoms with van der Waals surface area (Å²) in [5.41, 5.74) is 4.67. The third-order valence-electron chi connectivity index (χ3n) is 3.42. The number of aliphatic carboxylic acids is 1. The Bertz CT molecular complexity index is 389. The Balaban J connectivity index is 2.26. The van der Waals surface area contributed by atoms with Crippen molar-refractivity contribution in [1.82, 2.24) is 5.32 Å². The molecular weight excluding hydrogens is 278 g/mol. The Kier molecular flexibility index (Phi) is 6.82. The van der Waals surface area contributed by atoms with Crippen LogP contribution in [-0.4, -0.2) is 40.1 Å². The summed E-state index contributed by atoms with van der Waals surface area (Å²) >= 11 is 1.34. The number of carboxylic acids is 1. The smallest absolute Gasteiger partial charge is 0.320 e. The van der Waals surface area contributed by atoms with Crippen molar-refractivity contribution in [2.75, 3.05) is 11.5 Å². The van der Waals surface area contributed by atoms with Crippen LogP contribution in [0.1, 0.15) is 38.5 Å². The summed E-state index contributed by atoms with van der Waals surface area (Å²) in [4.78, 5) is 22.3. The number of rotatable bonds is 7. The van der Waals surface area contributed by atoms with Crippen LogP contribution in [0.2, 0.25) is 0 Å². The lowest BCUT2D eigenvalue weighted by atomic mass is 9.83. The highest BCUT2D eigenvalue weighted by Crippen LogP contribution is 2.27. The summed E-state index contributed by atoms with van der Waals surface area (Å²) in [6, 6.07) is 1.35. The molecule has 1 rings (SSSR count). The zero-order valence-electron chi connectivity index (χ0n) is 11.4. The summed E-state index contributed by atoms with van der Waals surface area (Å²) in [5, 5.41) is 20.7. The first-order valence-corrected chi connectivity index (χ1v) is 7.93. The average Bonchev–Trinajstić information content (AvgIpc) is 2.44. The lowest BCUT2D eigenvalue weighted by Crippen LogP contribution is -2.49. The van der Waals surface area contributed by atoms with E-state index in [2.05, 4.69) is 11.4 Å². The number of nitrogens with two attached hydrogens (primary N) is 1. The van der Waals surface area contributed by atoms with Crippen molar-refractivity contribution in [3.05, 3.63) is 0 Å². The summed E-state index contributed by atoms with van der Waals surface area (Å²) in [6.45, 7) is 0. The van der Waals surface area contributed by atoms with Crippen LogP contribution in [-0.2, 0) is 9.59 Å². The predicted molar refractivity (Wildman–Crippen MR) is 77.1 cm³/mol. The predicted octanol–water partition coefficient (Wildman–Crippen LogP) is 0.864. The normalized spacial score (nSPS) is 18.8. The van der Waals surface area contributed by atoms with Gasteiger partial charge in [0, 0.05) is 0 Å². The second kappa shape index (κ2) is 8.12. The van der Waals surface area contributed by atoms with Crippen molar-refractivity contribution in [3.63, 3.8) is 0 Å². The molecule has 0 radical (unpaired) electrons. The van der Waals surface area contributed by atoms with E-state index in [1.165, 1.54) is 11.8 Å². The first-order valence-electron chi connectivity index (χ1n) is 6.77. The van der Waals surface area contributed by atoms with E-state index >= 15 is 0 Å². The Labute approximate surface area is 123 Å². The Morgan fingerprint density at radius 2 is 2.05 bits per heavy atom. The Morgan fingerprint density at radius 3 is 2.60 bits per heavy atom. The van der Waals surface area contributed by atoms with Gasteiger partial charge in [-0.2, -0.15) is 17.0 Å². The first kappa shape index (κ1) is 16.8. The number of amides is 1. The molecule has 1 amide bonds. The molecule has 0 aromatic rings. The van der Waals surface area contributed by atoms with Crippen LogP contribution in [0.4, 0.5) is 0 Å². The molecule has 0 bridgehead atoms. The molecule has 0 saturated heterocycles. The summed E-state index contributed by atoms with van der Waals surface area (Å²) in [6.07, 6.45) is 4.80. The number of thioether (sulfide) groups is 1. The minimum absolute atomic E-state index is 0.164. The van der Waals surface area contributed by atoms with Crippen molar-refractivity contribution in [1.29, 1.82) is 5.26 Å². The fourth-order valence-electron chi connectivity index (χ4n) is 2.22. The zero-order valence-corrected chi connectivity index (χ0v) is 12.2. The molecule has 1 aliphatic rings. The van der Waals surface area contributed by atoms with Crippen LogP contribution >= 0.6 is 11.8 Å².